The molecule has 1 heterocycles. The fourth-order valence-electron chi connectivity index (χ4n) is 2.33. The highest BCUT2D eigenvalue weighted by Crippen LogP contribution is 2.29. The van der Waals surface area contributed by atoms with Gasteiger partial charge in [0, 0.05) is 19.0 Å². The molecule has 1 fully saturated rings. The van der Waals surface area contributed by atoms with Crippen LogP contribution in [0.5, 0.6) is 0 Å². The van der Waals surface area contributed by atoms with Crippen molar-refractivity contribution in [3.63, 3.8) is 0 Å². The second-order valence-corrected chi connectivity index (χ2v) is 6.84. The Balaban J connectivity index is 2.23. The predicted molar refractivity (Wildman–Crippen MR) is 70.4 cm³/mol. The second kappa shape index (κ2) is 5.36. The van der Waals surface area contributed by atoms with Crippen molar-refractivity contribution in [3.8, 4) is 0 Å². The summed E-state index contributed by atoms with van der Waals surface area (Å²) in [6, 6.07) is -0.113. The molecule has 0 spiro atoms. The molecule has 0 bridgehead atoms. The maximum Gasteiger partial charge on any atom is 0.259 e. The molecule has 1 aromatic rings. The summed E-state index contributed by atoms with van der Waals surface area (Å²) < 4.78 is 28.4. The van der Waals surface area contributed by atoms with Crippen LogP contribution >= 0.6 is 23.2 Å². The molecule has 8 heteroatoms. The van der Waals surface area contributed by atoms with Crippen molar-refractivity contribution in [2.45, 2.75) is 30.3 Å². The first-order valence-electron chi connectivity index (χ1n) is 5.71. The lowest BCUT2D eigenvalue weighted by Gasteiger charge is -2.18. The highest BCUT2D eigenvalue weighted by atomic mass is 35.5. The van der Waals surface area contributed by atoms with Crippen LogP contribution < -0.4 is 4.72 Å². The third kappa shape index (κ3) is 2.66. The van der Waals surface area contributed by atoms with Crippen LogP contribution in [0.3, 0.4) is 0 Å². The van der Waals surface area contributed by atoms with Gasteiger partial charge in [-0.05, 0) is 18.8 Å². The van der Waals surface area contributed by atoms with Crippen LogP contribution in [0.2, 0.25) is 5.02 Å². The van der Waals surface area contributed by atoms with Gasteiger partial charge in [0.15, 0.2) is 5.03 Å². The Morgan fingerprint density at radius 1 is 1.56 bits per heavy atom. The van der Waals surface area contributed by atoms with Crippen LogP contribution in [0.25, 0.3) is 0 Å². The maximum atomic E-state index is 12.3. The quantitative estimate of drug-likeness (QED) is 0.862. The van der Waals surface area contributed by atoms with Crippen molar-refractivity contribution in [2.24, 2.45) is 13.0 Å². The molecular formula is C10H15Cl2N3O2S. The highest BCUT2D eigenvalue weighted by molar-refractivity contribution is 7.89. The van der Waals surface area contributed by atoms with E-state index in [-0.39, 0.29) is 22.0 Å². The number of sulfonamides is 1. The van der Waals surface area contributed by atoms with Crippen LogP contribution in [-0.2, 0) is 17.1 Å². The molecule has 1 aliphatic carbocycles. The molecule has 1 saturated carbocycles. The summed E-state index contributed by atoms with van der Waals surface area (Å²) >= 11 is 11.7. The Morgan fingerprint density at radius 3 is 2.83 bits per heavy atom. The van der Waals surface area contributed by atoms with E-state index in [1.54, 1.807) is 7.05 Å². The van der Waals surface area contributed by atoms with E-state index in [2.05, 4.69) is 9.82 Å². The average Bonchev–Trinajstić information content (AvgIpc) is 2.85. The van der Waals surface area contributed by atoms with Gasteiger partial charge in [-0.25, -0.2) is 13.1 Å². The zero-order valence-corrected chi connectivity index (χ0v) is 12.3. The SMILES string of the molecule is Cn1ncc(Cl)c1S(=O)(=O)NC1CCCC1CCl. The number of hydrogen-bond donors (Lipinski definition) is 1. The van der Waals surface area contributed by atoms with E-state index in [1.807, 2.05) is 0 Å². The lowest BCUT2D eigenvalue weighted by Crippen LogP contribution is -2.38. The topological polar surface area (TPSA) is 64.0 Å². The number of nitrogens with zero attached hydrogens (tertiary/aromatic N) is 2. The summed E-state index contributed by atoms with van der Waals surface area (Å²) in [6.07, 6.45) is 4.08. The van der Waals surface area contributed by atoms with Gasteiger partial charge in [-0.3, -0.25) is 4.68 Å². The number of rotatable bonds is 4. The van der Waals surface area contributed by atoms with Gasteiger partial charge >= 0.3 is 0 Å². The number of nitrogens with one attached hydrogen (secondary N) is 1. The molecule has 5 nitrogen and oxygen atoms in total. The van der Waals surface area contributed by atoms with Crippen molar-refractivity contribution >= 4 is 33.2 Å². The Morgan fingerprint density at radius 2 is 2.28 bits per heavy atom. The molecule has 102 valence electrons. The van der Waals surface area contributed by atoms with Crippen LogP contribution in [0, 0.1) is 5.92 Å². The molecule has 0 saturated heterocycles. The van der Waals surface area contributed by atoms with Crippen molar-refractivity contribution < 1.29 is 8.42 Å². The smallest absolute Gasteiger partial charge is 0.255 e. The summed E-state index contributed by atoms with van der Waals surface area (Å²) in [5.74, 6) is 0.653. The average molecular weight is 312 g/mol. The first kappa shape index (κ1) is 14.1. The Bertz CT molecular complexity index is 510. The molecule has 1 aromatic heterocycles. The highest BCUT2D eigenvalue weighted by Gasteiger charge is 2.32. The number of aromatic nitrogens is 2. The molecule has 1 aliphatic rings. The van der Waals surface area contributed by atoms with Gasteiger partial charge in [-0.15, -0.1) is 11.6 Å². The summed E-state index contributed by atoms with van der Waals surface area (Å²) in [6.45, 7) is 0. The first-order valence-corrected chi connectivity index (χ1v) is 8.11. The number of hydrogen-bond acceptors (Lipinski definition) is 3. The number of halogens is 2. The lowest BCUT2D eigenvalue weighted by molar-refractivity contribution is 0.476. The minimum absolute atomic E-state index is 0.00406. The van der Waals surface area contributed by atoms with Crippen LogP contribution in [0.15, 0.2) is 11.2 Å². The van der Waals surface area contributed by atoms with Gasteiger partial charge in [0.25, 0.3) is 10.0 Å². The summed E-state index contributed by atoms with van der Waals surface area (Å²) in [5.41, 5.74) is 0. The molecule has 2 unspecified atom stereocenters. The van der Waals surface area contributed by atoms with E-state index < -0.39 is 10.0 Å². The van der Waals surface area contributed by atoms with Crippen LogP contribution in [0.4, 0.5) is 0 Å². The summed E-state index contributed by atoms with van der Waals surface area (Å²) in [5, 5.41) is 3.97. The molecule has 0 aromatic carbocycles. The Labute approximate surface area is 117 Å². The third-order valence-corrected chi connectivity index (χ3v) is 5.65. The zero-order chi connectivity index (χ0) is 13.3. The molecule has 0 aliphatic heterocycles. The van der Waals surface area contributed by atoms with Crippen LogP contribution in [-0.4, -0.2) is 30.1 Å². The van der Waals surface area contributed by atoms with Gasteiger partial charge in [0.2, 0.25) is 0 Å². The minimum atomic E-state index is -3.64. The van der Waals surface area contributed by atoms with Gasteiger partial charge in [-0.1, -0.05) is 18.0 Å². The zero-order valence-electron chi connectivity index (χ0n) is 9.94. The van der Waals surface area contributed by atoms with Crippen LogP contribution in [0.1, 0.15) is 19.3 Å². The van der Waals surface area contributed by atoms with Gasteiger partial charge in [0.1, 0.15) is 0 Å². The van der Waals surface area contributed by atoms with Crippen molar-refractivity contribution in [3.05, 3.63) is 11.2 Å². The first-order chi connectivity index (χ1) is 8.45. The fourth-order valence-corrected chi connectivity index (χ4v) is 4.70. The second-order valence-electron chi connectivity index (χ2n) is 4.49. The third-order valence-electron chi connectivity index (χ3n) is 3.26. The van der Waals surface area contributed by atoms with E-state index in [1.165, 1.54) is 10.9 Å². The maximum absolute atomic E-state index is 12.3. The molecule has 0 amide bonds. The van der Waals surface area contributed by atoms with Gasteiger partial charge < -0.3 is 0 Å². The fraction of sp³-hybridized carbons (Fsp3) is 0.700. The van der Waals surface area contributed by atoms with Crippen molar-refractivity contribution in [1.82, 2.24) is 14.5 Å². The standard InChI is InChI=1S/C10H15Cl2N3O2S/c1-15-10(8(12)6-13-15)18(16,17)14-9-4-2-3-7(9)5-11/h6-7,9,14H,2-5H2,1H3. The monoisotopic (exact) mass is 311 g/mol. The lowest BCUT2D eigenvalue weighted by atomic mass is 10.1. The molecular weight excluding hydrogens is 297 g/mol. The number of alkyl halides is 1. The molecule has 0 radical (unpaired) electrons. The van der Waals surface area contributed by atoms with Gasteiger partial charge in [-0.2, -0.15) is 5.10 Å². The minimum Gasteiger partial charge on any atom is -0.255 e. The summed E-state index contributed by atoms with van der Waals surface area (Å²) in [4.78, 5) is 0. The largest absolute Gasteiger partial charge is 0.259 e. The van der Waals surface area contributed by atoms with E-state index in [0.717, 1.165) is 19.3 Å². The molecule has 18 heavy (non-hydrogen) atoms. The van der Waals surface area contributed by atoms with Crippen molar-refractivity contribution in [1.29, 1.82) is 0 Å². The van der Waals surface area contributed by atoms with E-state index in [4.69, 9.17) is 23.2 Å². The van der Waals surface area contributed by atoms with E-state index in [0.29, 0.717) is 5.88 Å². The normalized spacial score (nSPS) is 24.6. The molecule has 2 rings (SSSR count). The van der Waals surface area contributed by atoms with Gasteiger partial charge in [0.05, 0.1) is 11.2 Å². The predicted octanol–water partition coefficient (Wildman–Crippen LogP) is 1.76. The molecule has 1 N–H and O–H groups in total. The summed E-state index contributed by atoms with van der Waals surface area (Å²) in [7, 11) is -2.10. The number of aryl methyl sites for hydroxylation is 1. The Kier molecular flexibility index (Phi) is 4.21. The van der Waals surface area contributed by atoms with Crippen molar-refractivity contribution in [2.75, 3.05) is 5.88 Å². The Hall–Kier alpha value is -0.300. The molecule has 2 atom stereocenters. The van der Waals surface area contributed by atoms with E-state index >= 15 is 0 Å². The van der Waals surface area contributed by atoms with E-state index in [9.17, 15) is 8.42 Å².